The van der Waals surface area contributed by atoms with E-state index < -0.39 is 17.1 Å². The van der Waals surface area contributed by atoms with E-state index in [0.29, 0.717) is 22.3 Å². The average molecular weight is 423 g/mol. The number of rotatable bonds is 5. The number of aliphatic hydroxyl groups excluding tert-OH is 1. The topological polar surface area (TPSA) is 75.6 Å². The standard InChI is InChI=1S/C15H14BrCl2NO4/c1-15(8-4-5-9(17)10(18)7-8)13(22)12(21)14(23-15)19-11(20)3-2-6-16/h4-5,7,21H,2-3,6H2,1H3,(H,19,20). The number of nitrogens with one attached hydrogen (secondary N) is 1. The third kappa shape index (κ3) is 3.65. The number of Topliss-reactive ketones (excluding diaryl/α,β-unsaturated/α-hetero) is 1. The molecule has 1 aliphatic rings. The van der Waals surface area contributed by atoms with Crippen LogP contribution in [0.15, 0.2) is 29.8 Å². The van der Waals surface area contributed by atoms with Crippen molar-refractivity contribution in [3.8, 4) is 0 Å². The molecule has 1 atom stereocenters. The van der Waals surface area contributed by atoms with Crippen molar-refractivity contribution < 1.29 is 19.4 Å². The number of alkyl halides is 1. The zero-order valence-electron chi connectivity index (χ0n) is 12.2. The van der Waals surface area contributed by atoms with Gasteiger partial charge in [0, 0.05) is 17.3 Å². The highest BCUT2D eigenvalue weighted by atomic mass is 79.9. The van der Waals surface area contributed by atoms with Crippen LogP contribution in [0, 0.1) is 0 Å². The van der Waals surface area contributed by atoms with Gasteiger partial charge >= 0.3 is 0 Å². The second kappa shape index (κ2) is 7.11. The normalized spacial score (nSPS) is 20.6. The number of carbonyl (C=O) groups is 2. The molecule has 1 aromatic rings. The Kier molecular flexibility index (Phi) is 5.60. The summed E-state index contributed by atoms with van der Waals surface area (Å²) in [7, 11) is 0. The van der Waals surface area contributed by atoms with E-state index in [9.17, 15) is 14.7 Å². The third-order valence-electron chi connectivity index (χ3n) is 3.43. The molecular formula is C15H14BrCl2NO4. The van der Waals surface area contributed by atoms with Crippen molar-refractivity contribution in [2.24, 2.45) is 0 Å². The van der Waals surface area contributed by atoms with Gasteiger partial charge in [-0.15, -0.1) is 0 Å². The molecule has 0 fully saturated rings. The van der Waals surface area contributed by atoms with Crippen molar-refractivity contribution in [1.82, 2.24) is 5.32 Å². The Labute approximate surface area is 151 Å². The van der Waals surface area contributed by atoms with Gasteiger partial charge in [-0.3, -0.25) is 14.9 Å². The molecule has 0 radical (unpaired) electrons. The molecule has 2 N–H and O–H groups in total. The summed E-state index contributed by atoms with van der Waals surface area (Å²) < 4.78 is 5.54. The van der Waals surface area contributed by atoms with Crippen LogP contribution >= 0.6 is 39.1 Å². The van der Waals surface area contributed by atoms with E-state index in [2.05, 4.69) is 21.2 Å². The minimum absolute atomic E-state index is 0.239. The lowest BCUT2D eigenvalue weighted by Gasteiger charge is -2.24. The van der Waals surface area contributed by atoms with Gasteiger partial charge in [0.25, 0.3) is 5.78 Å². The van der Waals surface area contributed by atoms with Crippen molar-refractivity contribution in [2.75, 3.05) is 5.33 Å². The fourth-order valence-electron chi connectivity index (χ4n) is 2.11. The number of amides is 1. The second-order valence-corrected chi connectivity index (χ2v) is 6.72. The molecule has 1 unspecified atom stereocenters. The predicted molar refractivity (Wildman–Crippen MR) is 90.7 cm³/mol. The van der Waals surface area contributed by atoms with Gasteiger partial charge in [-0.05, 0) is 25.5 Å². The van der Waals surface area contributed by atoms with Crippen LogP contribution in [0.2, 0.25) is 10.0 Å². The van der Waals surface area contributed by atoms with Crippen LogP contribution in [0.25, 0.3) is 0 Å². The number of hydrogen-bond acceptors (Lipinski definition) is 4. The zero-order chi connectivity index (χ0) is 17.2. The first kappa shape index (κ1) is 18.1. The van der Waals surface area contributed by atoms with Crippen LogP contribution in [-0.4, -0.2) is 22.1 Å². The Balaban J connectivity index is 2.23. The van der Waals surface area contributed by atoms with Gasteiger partial charge in [-0.1, -0.05) is 45.2 Å². The van der Waals surface area contributed by atoms with Crippen molar-refractivity contribution in [1.29, 1.82) is 0 Å². The van der Waals surface area contributed by atoms with Gasteiger partial charge in [-0.25, -0.2) is 0 Å². The molecule has 0 aromatic heterocycles. The quantitative estimate of drug-likeness (QED) is 0.707. The van der Waals surface area contributed by atoms with Crippen LogP contribution in [0.4, 0.5) is 0 Å². The Bertz CT molecular complexity index is 692. The molecule has 0 spiro atoms. The van der Waals surface area contributed by atoms with Crippen LogP contribution in [0.3, 0.4) is 0 Å². The number of benzene rings is 1. The van der Waals surface area contributed by atoms with Crippen molar-refractivity contribution in [3.05, 3.63) is 45.5 Å². The molecule has 1 aromatic carbocycles. The summed E-state index contributed by atoms with van der Waals surface area (Å²) in [6, 6.07) is 4.60. The van der Waals surface area contributed by atoms with Gasteiger partial charge in [0.15, 0.2) is 5.60 Å². The van der Waals surface area contributed by atoms with Crippen LogP contribution < -0.4 is 5.32 Å². The number of carbonyl (C=O) groups excluding carboxylic acids is 2. The minimum atomic E-state index is -1.48. The molecule has 124 valence electrons. The highest BCUT2D eigenvalue weighted by Crippen LogP contribution is 2.39. The van der Waals surface area contributed by atoms with E-state index in [1.165, 1.54) is 19.1 Å². The minimum Gasteiger partial charge on any atom is -0.501 e. The maximum absolute atomic E-state index is 12.4. The van der Waals surface area contributed by atoms with E-state index >= 15 is 0 Å². The zero-order valence-corrected chi connectivity index (χ0v) is 15.3. The highest BCUT2D eigenvalue weighted by Gasteiger charge is 2.48. The lowest BCUT2D eigenvalue weighted by atomic mass is 9.92. The lowest BCUT2D eigenvalue weighted by molar-refractivity contribution is -0.133. The second-order valence-electron chi connectivity index (χ2n) is 5.11. The number of hydrogen-bond donors (Lipinski definition) is 2. The summed E-state index contributed by atoms with van der Waals surface area (Å²) in [5.41, 5.74) is -1.05. The van der Waals surface area contributed by atoms with Crippen molar-refractivity contribution in [2.45, 2.75) is 25.4 Å². The first-order valence-corrected chi connectivity index (χ1v) is 8.65. The number of ketones is 1. The fraction of sp³-hybridized carbons (Fsp3) is 0.333. The molecular weight excluding hydrogens is 409 g/mol. The SMILES string of the molecule is CC1(c2ccc(Cl)c(Cl)c2)OC(NC(=O)CCCBr)=C(O)C1=O. The summed E-state index contributed by atoms with van der Waals surface area (Å²) in [6.07, 6.45) is 0.862. The average Bonchev–Trinajstić information content (AvgIpc) is 2.73. The lowest BCUT2D eigenvalue weighted by Crippen LogP contribution is -2.32. The van der Waals surface area contributed by atoms with E-state index in [1.54, 1.807) is 6.07 Å². The maximum atomic E-state index is 12.4. The number of aliphatic hydroxyl groups is 1. The summed E-state index contributed by atoms with van der Waals surface area (Å²) in [4.78, 5) is 24.1. The number of ether oxygens (including phenoxy) is 1. The van der Waals surface area contributed by atoms with Crippen LogP contribution in [-0.2, 0) is 19.9 Å². The summed E-state index contributed by atoms with van der Waals surface area (Å²) >= 11 is 15.1. The van der Waals surface area contributed by atoms with Gasteiger partial charge in [0.2, 0.25) is 17.5 Å². The molecule has 1 amide bonds. The molecule has 8 heteroatoms. The van der Waals surface area contributed by atoms with E-state index in [4.69, 9.17) is 27.9 Å². The van der Waals surface area contributed by atoms with Gasteiger partial charge in [-0.2, -0.15) is 0 Å². The molecule has 0 bridgehead atoms. The summed E-state index contributed by atoms with van der Waals surface area (Å²) in [6.45, 7) is 1.49. The Morgan fingerprint density at radius 3 is 2.70 bits per heavy atom. The molecule has 0 aliphatic carbocycles. The molecule has 1 heterocycles. The molecule has 5 nitrogen and oxygen atoms in total. The van der Waals surface area contributed by atoms with Crippen molar-refractivity contribution >= 4 is 50.8 Å². The third-order valence-corrected chi connectivity index (χ3v) is 4.73. The molecule has 0 saturated carbocycles. The Morgan fingerprint density at radius 2 is 2.09 bits per heavy atom. The highest BCUT2D eigenvalue weighted by molar-refractivity contribution is 9.09. The smallest absolute Gasteiger partial charge is 0.250 e. The summed E-state index contributed by atoms with van der Waals surface area (Å²) in [5.74, 6) is -1.88. The largest absolute Gasteiger partial charge is 0.501 e. The molecule has 1 aliphatic heterocycles. The van der Waals surface area contributed by atoms with Gasteiger partial charge in [0.05, 0.1) is 10.0 Å². The fourth-order valence-corrected chi connectivity index (χ4v) is 2.69. The van der Waals surface area contributed by atoms with E-state index in [-0.39, 0.29) is 23.2 Å². The maximum Gasteiger partial charge on any atom is 0.250 e. The first-order chi connectivity index (χ1) is 10.8. The molecule has 23 heavy (non-hydrogen) atoms. The Hall–Kier alpha value is -1.24. The number of halogens is 3. The van der Waals surface area contributed by atoms with Crippen molar-refractivity contribution in [3.63, 3.8) is 0 Å². The predicted octanol–water partition coefficient (Wildman–Crippen LogP) is 3.83. The summed E-state index contributed by atoms with van der Waals surface area (Å²) in [5, 5.41) is 13.7. The van der Waals surface area contributed by atoms with Gasteiger partial charge < -0.3 is 9.84 Å². The van der Waals surface area contributed by atoms with E-state index in [0.717, 1.165) is 0 Å². The first-order valence-electron chi connectivity index (χ1n) is 6.78. The Morgan fingerprint density at radius 1 is 1.39 bits per heavy atom. The van der Waals surface area contributed by atoms with Crippen LogP contribution in [0.5, 0.6) is 0 Å². The van der Waals surface area contributed by atoms with E-state index in [1.807, 2.05) is 0 Å². The van der Waals surface area contributed by atoms with Gasteiger partial charge in [0.1, 0.15) is 0 Å². The monoisotopic (exact) mass is 421 g/mol. The van der Waals surface area contributed by atoms with Crippen LogP contribution in [0.1, 0.15) is 25.3 Å². The molecule has 0 saturated heterocycles. The molecule has 2 rings (SSSR count).